The fraction of sp³-hybridized carbons (Fsp3) is 0.300. The molecule has 0 spiro atoms. The number of hydrazone groups is 1. The molecule has 0 atom stereocenters. The van der Waals surface area contributed by atoms with Crippen molar-refractivity contribution in [1.29, 1.82) is 0 Å². The van der Waals surface area contributed by atoms with E-state index in [9.17, 15) is 19.5 Å². The van der Waals surface area contributed by atoms with Crippen molar-refractivity contribution in [3.63, 3.8) is 0 Å². The summed E-state index contributed by atoms with van der Waals surface area (Å²) in [7, 11) is 0. The van der Waals surface area contributed by atoms with Gasteiger partial charge in [0.15, 0.2) is 6.29 Å². The summed E-state index contributed by atoms with van der Waals surface area (Å²) in [6, 6.07) is 34.2. The summed E-state index contributed by atoms with van der Waals surface area (Å²) in [4.78, 5) is 42.3. The maximum atomic E-state index is 12.0. The van der Waals surface area contributed by atoms with Crippen molar-refractivity contribution < 1.29 is 24.6 Å². The number of carbonyl (C=O) groups excluding carboxylic acids is 3. The molecule has 0 saturated carbocycles. The number of hydrazine groups is 1. The second kappa shape index (κ2) is 22.5. The van der Waals surface area contributed by atoms with Crippen LogP contribution >= 0.6 is 0 Å². The number of rotatable bonds is 11. The molecule has 13 heteroatoms. The Bertz CT molecular complexity index is 1710. The number of piperazine rings is 2. The Morgan fingerprint density at radius 1 is 0.585 bits per heavy atom. The van der Waals surface area contributed by atoms with Crippen molar-refractivity contribution in [2.45, 2.75) is 13.1 Å². The number of phenols is 2. The SMILES string of the molecule is NNC(=O)CN1CCN(Cc2ccccc2)CC1.O=C(CN1CCN(Cc2ccccc2)CC1)N/N=C/c1ccccc1O.O=Cc1ccccc1O. The fourth-order valence-corrected chi connectivity index (χ4v) is 5.74. The van der Waals surface area contributed by atoms with Crippen molar-refractivity contribution >= 4 is 24.3 Å². The van der Waals surface area contributed by atoms with E-state index in [4.69, 9.17) is 10.9 Å². The molecule has 0 aromatic heterocycles. The van der Waals surface area contributed by atoms with Crippen LogP contribution in [0.15, 0.2) is 114 Å². The first kappa shape index (κ1) is 40.3. The average Bonchev–Trinajstić information content (AvgIpc) is 3.19. The van der Waals surface area contributed by atoms with Crippen LogP contribution in [0.25, 0.3) is 0 Å². The van der Waals surface area contributed by atoms with Gasteiger partial charge in [-0.05, 0) is 35.4 Å². The molecule has 2 amide bonds. The minimum Gasteiger partial charge on any atom is -0.507 e. The molecule has 0 unspecified atom stereocenters. The van der Waals surface area contributed by atoms with Crippen LogP contribution in [0, 0.1) is 0 Å². The Kier molecular flexibility index (Phi) is 17.1. The lowest BCUT2D eigenvalue weighted by Crippen LogP contribution is -2.49. The van der Waals surface area contributed by atoms with E-state index in [1.54, 1.807) is 42.5 Å². The fourth-order valence-electron chi connectivity index (χ4n) is 5.74. The van der Waals surface area contributed by atoms with Crippen molar-refractivity contribution in [1.82, 2.24) is 30.5 Å². The number of nitrogens with zero attached hydrogens (tertiary/aromatic N) is 5. The van der Waals surface area contributed by atoms with Gasteiger partial charge in [0.05, 0.1) is 24.9 Å². The molecule has 6 rings (SSSR count). The molecule has 2 saturated heterocycles. The van der Waals surface area contributed by atoms with Gasteiger partial charge in [-0.1, -0.05) is 84.9 Å². The lowest BCUT2D eigenvalue weighted by atomic mass is 10.2. The van der Waals surface area contributed by atoms with Crippen LogP contribution in [0.5, 0.6) is 11.5 Å². The topological polar surface area (TPSA) is 167 Å². The number of nitrogens with two attached hydrogens (primary N) is 1. The molecule has 6 N–H and O–H groups in total. The molecular weight excluding hydrogens is 672 g/mol. The molecule has 2 aliphatic heterocycles. The molecule has 4 aromatic rings. The Balaban J connectivity index is 0.000000200. The van der Waals surface area contributed by atoms with Crippen LogP contribution in [0.3, 0.4) is 0 Å². The van der Waals surface area contributed by atoms with E-state index in [1.165, 1.54) is 23.4 Å². The summed E-state index contributed by atoms with van der Waals surface area (Å²) < 4.78 is 0. The first-order valence-corrected chi connectivity index (χ1v) is 17.6. The second-order valence-corrected chi connectivity index (χ2v) is 12.7. The first-order chi connectivity index (χ1) is 25.8. The zero-order valence-corrected chi connectivity index (χ0v) is 30.0. The van der Waals surface area contributed by atoms with Crippen molar-refractivity contribution in [2.24, 2.45) is 10.9 Å². The molecule has 2 heterocycles. The Morgan fingerprint density at radius 2 is 0.981 bits per heavy atom. The highest BCUT2D eigenvalue weighted by Crippen LogP contribution is 2.13. The molecule has 2 aliphatic rings. The summed E-state index contributed by atoms with van der Waals surface area (Å²) in [5.41, 5.74) is 8.25. The molecule has 4 aromatic carbocycles. The van der Waals surface area contributed by atoms with Gasteiger partial charge >= 0.3 is 0 Å². The number of benzene rings is 4. The normalized spacial score (nSPS) is 15.3. The van der Waals surface area contributed by atoms with Crippen LogP contribution in [-0.4, -0.2) is 120 Å². The summed E-state index contributed by atoms with van der Waals surface area (Å²) in [5.74, 6) is 4.99. The highest BCUT2D eigenvalue weighted by molar-refractivity contribution is 5.85. The van der Waals surface area contributed by atoms with Crippen molar-refractivity contribution in [2.75, 3.05) is 65.4 Å². The van der Waals surface area contributed by atoms with Gasteiger partial charge in [0.2, 0.25) is 5.91 Å². The number of aldehydes is 1. The molecular formula is C40H50N8O5. The van der Waals surface area contributed by atoms with E-state index in [0.717, 1.165) is 65.4 Å². The number of carbonyl (C=O) groups is 3. The largest absolute Gasteiger partial charge is 0.507 e. The third-order valence-corrected chi connectivity index (χ3v) is 8.72. The highest BCUT2D eigenvalue weighted by atomic mass is 16.3. The van der Waals surface area contributed by atoms with Gasteiger partial charge in [0.1, 0.15) is 11.5 Å². The van der Waals surface area contributed by atoms with Gasteiger partial charge in [-0.15, -0.1) is 0 Å². The van der Waals surface area contributed by atoms with E-state index in [2.05, 4.69) is 84.1 Å². The third-order valence-electron chi connectivity index (χ3n) is 8.72. The molecule has 0 radical (unpaired) electrons. The standard InChI is InChI=1S/C20H24N4O2.C13H20N4O.C7H6O2/c25-19-9-5-4-8-18(19)14-21-22-20(26)16-24-12-10-23(11-13-24)15-17-6-2-1-3-7-17;14-15-13(18)11-17-8-6-16(7-9-17)10-12-4-2-1-3-5-12;8-5-6-3-1-2-4-7(6)9/h1-9,14,25H,10-13,15-16H2,(H,22,26);1-5H,6-11,14H2,(H,15,18);1-5,9H/b21-14+;;. The van der Waals surface area contributed by atoms with Crippen LogP contribution < -0.4 is 16.7 Å². The van der Waals surface area contributed by atoms with Crippen LogP contribution in [0.2, 0.25) is 0 Å². The smallest absolute Gasteiger partial charge is 0.254 e. The number of phenolic OH excluding ortho intramolecular Hbond substituents is 2. The van der Waals surface area contributed by atoms with Gasteiger partial charge < -0.3 is 10.2 Å². The van der Waals surface area contributed by atoms with Gasteiger partial charge in [0, 0.05) is 71.0 Å². The lowest BCUT2D eigenvalue weighted by molar-refractivity contribution is -0.123. The number of aromatic hydroxyl groups is 2. The molecule has 0 bridgehead atoms. The predicted octanol–water partition coefficient (Wildman–Crippen LogP) is 2.66. The molecule has 0 aliphatic carbocycles. The van der Waals surface area contributed by atoms with Crippen LogP contribution in [-0.2, 0) is 22.7 Å². The van der Waals surface area contributed by atoms with E-state index < -0.39 is 0 Å². The minimum absolute atomic E-state index is 0.0347. The highest BCUT2D eigenvalue weighted by Gasteiger charge is 2.20. The van der Waals surface area contributed by atoms with E-state index in [0.29, 0.717) is 30.5 Å². The van der Waals surface area contributed by atoms with Gasteiger partial charge in [-0.2, -0.15) is 5.10 Å². The average molecular weight is 723 g/mol. The number of hydrogen-bond donors (Lipinski definition) is 5. The summed E-state index contributed by atoms with van der Waals surface area (Å²) in [5, 5.41) is 22.4. The third kappa shape index (κ3) is 15.0. The Morgan fingerprint density at radius 3 is 1.40 bits per heavy atom. The van der Waals surface area contributed by atoms with Gasteiger partial charge in [0.25, 0.3) is 5.91 Å². The van der Waals surface area contributed by atoms with Crippen LogP contribution in [0.4, 0.5) is 0 Å². The van der Waals surface area contributed by atoms with E-state index >= 15 is 0 Å². The van der Waals surface area contributed by atoms with Gasteiger partial charge in [-0.25, -0.2) is 11.3 Å². The predicted molar refractivity (Wildman–Crippen MR) is 206 cm³/mol. The maximum Gasteiger partial charge on any atom is 0.254 e. The first-order valence-electron chi connectivity index (χ1n) is 17.6. The van der Waals surface area contributed by atoms with Crippen LogP contribution in [0.1, 0.15) is 27.0 Å². The maximum absolute atomic E-state index is 12.0. The number of nitrogens with one attached hydrogen (secondary N) is 2. The summed E-state index contributed by atoms with van der Waals surface area (Å²) >= 11 is 0. The van der Waals surface area contributed by atoms with E-state index in [1.807, 2.05) is 12.1 Å². The molecule has 280 valence electrons. The molecule has 13 nitrogen and oxygen atoms in total. The van der Waals surface area contributed by atoms with Crippen molar-refractivity contribution in [3.05, 3.63) is 131 Å². The molecule has 53 heavy (non-hydrogen) atoms. The van der Waals surface area contributed by atoms with Gasteiger partial charge in [-0.3, -0.25) is 39.4 Å². The van der Waals surface area contributed by atoms with E-state index in [-0.39, 0.29) is 23.3 Å². The minimum atomic E-state index is -0.145. The quantitative estimate of drug-likeness (QED) is 0.0511. The summed E-state index contributed by atoms with van der Waals surface area (Å²) in [6.45, 7) is 10.1. The zero-order valence-electron chi connectivity index (χ0n) is 30.0. The monoisotopic (exact) mass is 722 g/mol. The Hall–Kier alpha value is -5.44. The van der Waals surface area contributed by atoms with Crippen molar-refractivity contribution in [3.8, 4) is 11.5 Å². The molecule has 2 fully saturated rings. The number of amides is 2. The second-order valence-electron chi connectivity index (χ2n) is 12.7. The zero-order chi connectivity index (χ0) is 37.7. The summed E-state index contributed by atoms with van der Waals surface area (Å²) in [6.07, 6.45) is 2.07. The number of para-hydroxylation sites is 2. The Labute approximate surface area is 311 Å². The lowest BCUT2D eigenvalue weighted by Gasteiger charge is -2.34. The number of hydrogen-bond acceptors (Lipinski definition) is 11.